The molecule has 0 heterocycles. The molecular formula is C13H13BrN2O4S2. The van der Waals surface area contributed by atoms with Crippen LogP contribution in [0.5, 0.6) is 0 Å². The van der Waals surface area contributed by atoms with E-state index in [-0.39, 0.29) is 15.5 Å². The summed E-state index contributed by atoms with van der Waals surface area (Å²) in [5, 5.41) is 5.11. The first kappa shape index (κ1) is 16.9. The molecule has 0 aromatic heterocycles. The van der Waals surface area contributed by atoms with E-state index < -0.39 is 20.0 Å². The fourth-order valence-electron chi connectivity index (χ4n) is 1.80. The van der Waals surface area contributed by atoms with Crippen LogP contribution in [0, 0.1) is 6.92 Å². The third-order valence-corrected chi connectivity index (χ3v) is 5.85. The second-order valence-electron chi connectivity index (χ2n) is 4.58. The first-order chi connectivity index (χ1) is 10.1. The number of anilines is 1. The predicted octanol–water partition coefficient (Wildman–Crippen LogP) is 2.21. The average molecular weight is 405 g/mol. The molecule has 22 heavy (non-hydrogen) atoms. The number of aryl methyl sites for hydroxylation is 1. The van der Waals surface area contributed by atoms with Crippen molar-refractivity contribution in [1.82, 2.24) is 0 Å². The van der Waals surface area contributed by atoms with E-state index >= 15 is 0 Å². The minimum Gasteiger partial charge on any atom is -0.280 e. The molecular weight excluding hydrogens is 392 g/mol. The summed E-state index contributed by atoms with van der Waals surface area (Å²) in [7, 11) is -7.73. The van der Waals surface area contributed by atoms with Crippen molar-refractivity contribution in [2.24, 2.45) is 5.14 Å². The van der Waals surface area contributed by atoms with Gasteiger partial charge >= 0.3 is 0 Å². The van der Waals surface area contributed by atoms with Crippen molar-refractivity contribution in [2.75, 3.05) is 4.72 Å². The van der Waals surface area contributed by atoms with E-state index in [1.54, 1.807) is 19.1 Å². The van der Waals surface area contributed by atoms with Crippen LogP contribution in [0.3, 0.4) is 0 Å². The van der Waals surface area contributed by atoms with E-state index in [1.165, 1.54) is 30.3 Å². The van der Waals surface area contributed by atoms with E-state index in [0.29, 0.717) is 5.56 Å². The monoisotopic (exact) mass is 404 g/mol. The molecule has 0 bridgehead atoms. The number of nitrogens with one attached hydrogen (secondary N) is 1. The Hall–Kier alpha value is -1.42. The molecule has 0 saturated heterocycles. The molecule has 2 rings (SSSR count). The van der Waals surface area contributed by atoms with E-state index in [9.17, 15) is 16.8 Å². The Balaban J connectivity index is 2.40. The van der Waals surface area contributed by atoms with E-state index in [1.807, 2.05) is 0 Å². The van der Waals surface area contributed by atoms with Crippen molar-refractivity contribution in [1.29, 1.82) is 0 Å². The first-order valence-electron chi connectivity index (χ1n) is 6.01. The predicted molar refractivity (Wildman–Crippen MR) is 87.5 cm³/mol. The lowest BCUT2D eigenvalue weighted by Gasteiger charge is -2.10. The summed E-state index contributed by atoms with van der Waals surface area (Å²) in [6.07, 6.45) is 0. The van der Waals surface area contributed by atoms with Gasteiger partial charge in [0, 0.05) is 4.47 Å². The Morgan fingerprint density at radius 3 is 2.14 bits per heavy atom. The lowest BCUT2D eigenvalue weighted by molar-refractivity contribution is 0.596. The van der Waals surface area contributed by atoms with Gasteiger partial charge in [-0.15, -0.1) is 0 Å². The molecule has 0 aliphatic rings. The number of primary sulfonamides is 1. The highest BCUT2D eigenvalue weighted by Crippen LogP contribution is 2.22. The minimum absolute atomic E-state index is 0.0634. The van der Waals surface area contributed by atoms with Gasteiger partial charge in [0.15, 0.2) is 0 Å². The van der Waals surface area contributed by atoms with Crippen LogP contribution in [0.2, 0.25) is 0 Å². The molecule has 0 radical (unpaired) electrons. The Morgan fingerprint density at radius 2 is 1.59 bits per heavy atom. The molecule has 0 spiro atoms. The van der Waals surface area contributed by atoms with Gasteiger partial charge < -0.3 is 0 Å². The zero-order chi connectivity index (χ0) is 16.5. The second-order valence-corrected chi connectivity index (χ2v) is 8.71. The second kappa shape index (κ2) is 5.99. The van der Waals surface area contributed by atoms with Crippen molar-refractivity contribution < 1.29 is 16.8 Å². The van der Waals surface area contributed by atoms with E-state index in [2.05, 4.69) is 20.7 Å². The van der Waals surface area contributed by atoms with Gasteiger partial charge in [0.1, 0.15) is 0 Å². The van der Waals surface area contributed by atoms with Crippen LogP contribution in [0.15, 0.2) is 56.7 Å². The van der Waals surface area contributed by atoms with Crippen molar-refractivity contribution in [3.05, 3.63) is 52.5 Å². The molecule has 0 aliphatic carbocycles. The molecule has 0 amide bonds. The summed E-state index contributed by atoms with van der Waals surface area (Å²) in [4.78, 5) is -0.0584. The van der Waals surface area contributed by atoms with Gasteiger partial charge in [-0.05, 0) is 48.9 Å². The van der Waals surface area contributed by atoms with Gasteiger partial charge in [0.05, 0.1) is 15.5 Å². The summed E-state index contributed by atoms with van der Waals surface area (Å²) in [6.45, 7) is 1.58. The van der Waals surface area contributed by atoms with Crippen molar-refractivity contribution in [3.63, 3.8) is 0 Å². The zero-order valence-electron chi connectivity index (χ0n) is 11.4. The van der Waals surface area contributed by atoms with E-state index in [0.717, 1.165) is 4.47 Å². The van der Waals surface area contributed by atoms with Gasteiger partial charge in [-0.25, -0.2) is 22.0 Å². The van der Waals surface area contributed by atoms with Gasteiger partial charge in [-0.2, -0.15) is 0 Å². The highest BCUT2D eigenvalue weighted by molar-refractivity contribution is 9.10. The van der Waals surface area contributed by atoms with Crippen LogP contribution in [-0.2, 0) is 20.0 Å². The highest BCUT2D eigenvalue weighted by Gasteiger charge is 2.17. The SMILES string of the molecule is Cc1ccc(NS(=O)(=O)c2ccc(Br)cc2)cc1S(N)(=O)=O. The molecule has 6 nitrogen and oxygen atoms in total. The maximum atomic E-state index is 12.3. The molecule has 3 N–H and O–H groups in total. The Labute approximate surface area is 137 Å². The molecule has 0 fully saturated rings. The Bertz CT molecular complexity index is 908. The Kier molecular flexibility index (Phi) is 4.62. The van der Waals surface area contributed by atoms with E-state index in [4.69, 9.17) is 5.14 Å². The van der Waals surface area contributed by atoms with Crippen LogP contribution < -0.4 is 9.86 Å². The van der Waals surface area contributed by atoms with Crippen LogP contribution >= 0.6 is 15.9 Å². The van der Waals surface area contributed by atoms with Crippen LogP contribution in [0.25, 0.3) is 0 Å². The number of nitrogens with two attached hydrogens (primary N) is 1. The van der Waals surface area contributed by atoms with Gasteiger partial charge in [-0.1, -0.05) is 22.0 Å². The maximum Gasteiger partial charge on any atom is 0.261 e. The zero-order valence-corrected chi connectivity index (χ0v) is 14.7. The maximum absolute atomic E-state index is 12.3. The fourth-order valence-corrected chi connectivity index (χ4v) is 3.92. The van der Waals surface area contributed by atoms with Crippen LogP contribution in [-0.4, -0.2) is 16.8 Å². The molecule has 9 heteroatoms. The number of hydrogen-bond acceptors (Lipinski definition) is 4. The average Bonchev–Trinajstić information content (AvgIpc) is 2.40. The van der Waals surface area contributed by atoms with Gasteiger partial charge in [0.2, 0.25) is 10.0 Å². The molecule has 0 saturated carbocycles. The molecule has 0 atom stereocenters. The molecule has 2 aromatic rings. The summed E-state index contributed by atoms with van der Waals surface area (Å²) in [6, 6.07) is 10.2. The van der Waals surface area contributed by atoms with Gasteiger partial charge in [0.25, 0.3) is 10.0 Å². The quantitative estimate of drug-likeness (QED) is 0.813. The Morgan fingerprint density at radius 1 is 1.00 bits per heavy atom. The van der Waals surface area contributed by atoms with Crippen molar-refractivity contribution in [2.45, 2.75) is 16.7 Å². The van der Waals surface area contributed by atoms with Crippen LogP contribution in [0.1, 0.15) is 5.56 Å². The lowest BCUT2D eigenvalue weighted by atomic mass is 10.2. The summed E-state index contributed by atoms with van der Waals surface area (Å²) < 4.78 is 50.5. The third kappa shape index (κ3) is 3.86. The molecule has 2 aromatic carbocycles. The number of halogens is 1. The highest BCUT2D eigenvalue weighted by atomic mass is 79.9. The van der Waals surface area contributed by atoms with Crippen LogP contribution in [0.4, 0.5) is 5.69 Å². The molecule has 118 valence electrons. The topological polar surface area (TPSA) is 106 Å². The normalized spacial score (nSPS) is 12.1. The standard InChI is InChI=1S/C13H13BrN2O4S2/c1-9-2-5-11(8-13(9)21(15,17)18)16-22(19,20)12-6-3-10(14)4-7-12/h2-8,16H,1H3,(H2,15,17,18). The summed E-state index contributed by atoms with van der Waals surface area (Å²) >= 11 is 3.22. The third-order valence-electron chi connectivity index (χ3n) is 2.87. The molecule has 0 unspecified atom stereocenters. The van der Waals surface area contributed by atoms with Crippen molar-refractivity contribution >= 4 is 41.7 Å². The minimum atomic E-state index is -3.92. The van der Waals surface area contributed by atoms with Crippen molar-refractivity contribution in [3.8, 4) is 0 Å². The number of rotatable bonds is 4. The summed E-state index contributed by atoms with van der Waals surface area (Å²) in [5.41, 5.74) is 0.562. The summed E-state index contributed by atoms with van der Waals surface area (Å²) in [5.74, 6) is 0. The molecule has 0 aliphatic heterocycles. The number of benzene rings is 2. The number of hydrogen-bond donors (Lipinski definition) is 2. The number of sulfonamides is 2. The largest absolute Gasteiger partial charge is 0.280 e. The van der Waals surface area contributed by atoms with Gasteiger partial charge in [-0.3, -0.25) is 4.72 Å². The first-order valence-corrected chi connectivity index (χ1v) is 9.84. The smallest absolute Gasteiger partial charge is 0.261 e. The fraction of sp³-hybridized carbons (Fsp3) is 0.0769. The lowest BCUT2D eigenvalue weighted by Crippen LogP contribution is -2.16.